The average molecular weight is 570 g/mol. The summed E-state index contributed by atoms with van der Waals surface area (Å²) in [6.07, 6.45) is 1.40. The Morgan fingerprint density at radius 3 is 2.38 bits per heavy atom. The smallest absolute Gasteiger partial charge is 0.338 e. The van der Waals surface area contributed by atoms with Gasteiger partial charge in [0.15, 0.2) is 27.8 Å². The summed E-state index contributed by atoms with van der Waals surface area (Å²) in [5.74, 6) is 0.528. The maximum atomic E-state index is 14.0. The van der Waals surface area contributed by atoms with Crippen LogP contribution in [-0.2, 0) is 9.53 Å². The van der Waals surface area contributed by atoms with E-state index in [1.165, 1.54) is 51.2 Å². The Hall–Kier alpha value is -4.65. The first kappa shape index (κ1) is 28.4. The summed E-state index contributed by atoms with van der Waals surface area (Å²) in [4.78, 5) is 43.3. The van der Waals surface area contributed by atoms with Gasteiger partial charge in [-0.05, 0) is 32.1 Å². The van der Waals surface area contributed by atoms with Crippen molar-refractivity contribution in [1.29, 1.82) is 0 Å². The van der Waals surface area contributed by atoms with Crippen LogP contribution in [0.4, 0.5) is 5.69 Å². The van der Waals surface area contributed by atoms with Crippen LogP contribution < -0.4 is 33.8 Å². The molecular formula is C27H27N3O9S. The number of carbonyl (C=O) groups is 1. The maximum Gasteiger partial charge on any atom is 0.338 e. The molecule has 0 saturated carbocycles. The number of aromatic nitrogens is 1. The van der Waals surface area contributed by atoms with Crippen molar-refractivity contribution in [2.24, 2.45) is 4.99 Å². The molecule has 0 radical (unpaired) electrons. The third-order valence-corrected chi connectivity index (χ3v) is 7.24. The number of nitro benzene ring substituents is 1. The fourth-order valence-electron chi connectivity index (χ4n) is 4.51. The number of para-hydroxylation sites is 1. The van der Waals surface area contributed by atoms with Gasteiger partial charge in [-0.2, -0.15) is 0 Å². The summed E-state index contributed by atoms with van der Waals surface area (Å²) >= 11 is 1.03. The van der Waals surface area contributed by atoms with E-state index in [2.05, 4.69) is 4.99 Å². The molecule has 4 rings (SSSR count). The highest BCUT2D eigenvalue weighted by atomic mass is 32.1. The topological polar surface area (TPSA) is 141 Å². The Morgan fingerprint density at radius 2 is 1.77 bits per heavy atom. The van der Waals surface area contributed by atoms with Crippen molar-refractivity contribution in [3.8, 4) is 23.0 Å². The second kappa shape index (κ2) is 11.6. The molecule has 1 unspecified atom stereocenters. The summed E-state index contributed by atoms with van der Waals surface area (Å²) in [6, 6.07) is 6.82. The number of benzene rings is 2. The maximum absolute atomic E-state index is 14.0. The summed E-state index contributed by atoms with van der Waals surface area (Å²) < 4.78 is 28.5. The molecule has 1 aliphatic heterocycles. The number of hydrogen-bond donors (Lipinski definition) is 0. The van der Waals surface area contributed by atoms with E-state index in [1.54, 1.807) is 32.0 Å². The Labute approximate surface area is 232 Å². The van der Waals surface area contributed by atoms with Crippen LogP contribution in [0.2, 0.25) is 0 Å². The van der Waals surface area contributed by atoms with E-state index in [4.69, 9.17) is 23.7 Å². The number of ether oxygens (including phenoxy) is 5. The molecule has 2 heterocycles. The standard InChI is InChI=1S/C27H27N3O9S/c1-7-39-26(32)22-14(2)28-27-29(23(22)16-9-8-10-18(35-3)24(16)38-6)25(31)21(40-27)12-15-11-19(36-4)20(37-5)13-17(15)30(33)34/h8-13,23H,7H2,1-6H3. The van der Waals surface area contributed by atoms with Gasteiger partial charge in [0.05, 0.1) is 67.4 Å². The Kier molecular flexibility index (Phi) is 8.24. The predicted octanol–water partition coefficient (Wildman–Crippen LogP) is 2.74. The normalized spacial score (nSPS) is 14.8. The lowest BCUT2D eigenvalue weighted by molar-refractivity contribution is -0.385. The molecule has 210 valence electrons. The van der Waals surface area contributed by atoms with E-state index < -0.39 is 22.5 Å². The van der Waals surface area contributed by atoms with Gasteiger partial charge >= 0.3 is 5.97 Å². The number of hydrogen-bond acceptors (Lipinski definition) is 11. The zero-order valence-electron chi connectivity index (χ0n) is 22.7. The first-order chi connectivity index (χ1) is 19.2. The third-order valence-electron chi connectivity index (χ3n) is 6.26. The molecule has 1 atom stereocenters. The van der Waals surface area contributed by atoms with Gasteiger partial charge in [-0.3, -0.25) is 19.5 Å². The second-order valence-electron chi connectivity index (χ2n) is 8.41. The molecule has 0 bridgehead atoms. The Bertz CT molecular complexity index is 1700. The Morgan fingerprint density at radius 1 is 1.10 bits per heavy atom. The minimum atomic E-state index is -0.970. The fraction of sp³-hybridized carbons (Fsp3) is 0.296. The van der Waals surface area contributed by atoms with Crippen molar-refractivity contribution in [1.82, 2.24) is 4.57 Å². The van der Waals surface area contributed by atoms with E-state index in [9.17, 15) is 19.7 Å². The van der Waals surface area contributed by atoms with Gasteiger partial charge in [0, 0.05) is 5.56 Å². The molecule has 3 aromatic rings. The monoisotopic (exact) mass is 569 g/mol. The van der Waals surface area contributed by atoms with Crippen molar-refractivity contribution in [2.75, 3.05) is 35.0 Å². The van der Waals surface area contributed by atoms with Crippen molar-refractivity contribution >= 4 is 29.1 Å². The van der Waals surface area contributed by atoms with Crippen LogP contribution in [0, 0.1) is 10.1 Å². The highest BCUT2D eigenvalue weighted by Gasteiger charge is 2.36. The lowest BCUT2D eigenvalue weighted by atomic mass is 9.94. The number of allylic oxidation sites excluding steroid dienone is 1. The minimum absolute atomic E-state index is 0.116. The second-order valence-corrected chi connectivity index (χ2v) is 9.42. The summed E-state index contributed by atoms with van der Waals surface area (Å²) in [7, 11) is 5.72. The van der Waals surface area contributed by atoms with Crippen molar-refractivity contribution in [3.63, 3.8) is 0 Å². The number of carbonyl (C=O) groups excluding carboxylic acids is 1. The largest absolute Gasteiger partial charge is 0.493 e. The summed E-state index contributed by atoms with van der Waals surface area (Å²) in [5, 5.41) is 11.9. The summed E-state index contributed by atoms with van der Waals surface area (Å²) in [5.41, 5.74) is 0.325. The van der Waals surface area contributed by atoms with E-state index in [0.29, 0.717) is 27.6 Å². The van der Waals surface area contributed by atoms with Crippen LogP contribution in [0.15, 0.2) is 51.4 Å². The number of nitrogens with zero attached hydrogens (tertiary/aromatic N) is 3. The van der Waals surface area contributed by atoms with E-state index in [1.807, 2.05) is 0 Å². The molecule has 13 heteroatoms. The third kappa shape index (κ3) is 4.91. The molecule has 12 nitrogen and oxygen atoms in total. The summed E-state index contributed by atoms with van der Waals surface area (Å²) in [6.45, 7) is 3.45. The minimum Gasteiger partial charge on any atom is -0.493 e. The van der Waals surface area contributed by atoms with Crippen LogP contribution in [0.1, 0.15) is 31.0 Å². The predicted molar refractivity (Wildman–Crippen MR) is 146 cm³/mol. The number of methoxy groups -OCH3 is 4. The molecule has 0 saturated heterocycles. The van der Waals surface area contributed by atoms with Crippen molar-refractivity contribution in [2.45, 2.75) is 19.9 Å². The SMILES string of the molecule is CCOC(=O)C1=C(C)N=c2sc(=Cc3cc(OC)c(OC)cc3[N+](=O)[O-])c(=O)n2C1c1cccc(OC)c1OC. The molecule has 0 fully saturated rings. The molecule has 1 aliphatic rings. The number of esters is 1. The number of nitro groups is 1. The van der Waals surface area contributed by atoms with Gasteiger partial charge in [0.2, 0.25) is 0 Å². The van der Waals surface area contributed by atoms with Gasteiger partial charge < -0.3 is 23.7 Å². The number of rotatable bonds is 9. The highest BCUT2D eigenvalue weighted by Crippen LogP contribution is 2.40. The zero-order valence-corrected chi connectivity index (χ0v) is 23.5. The van der Waals surface area contributed by atoms with Crippen LogP contribution in [0.25, 0.3) is 6.08 Å². The van der Waals surface area contributed by atoms with Gasteiger partial charge in [0.25, 0.3) is 11.2 Å². The molecule has 1 aromatic heterocycles. The first-order valence-electron chi connectivity index (χ1n) is 12.0. The van der Waals surface area contributed by atoms with Gasteiger partial charge in [-0.15, -0.1) is 0 Å². The average Bonchev–Trinajstić information content (AvgIpc) is 3.25. The van der Waals surface area contributed by atoms with E-state index in [-0.39, 0.29) is 39.5 Å². The van der Waals surface area contributed by atoms with E-state index in [0.717, 1.165) is 11.3 Å². The molecule has 0 N–H and O–H groups in total. The molecule has 0 spiro atoms. The Balaban J connectivity index is 2.05. The van der Waals surface area contributed by atoms with E-state index >= 15 is 0 Å². The lowest BCUT2D eigenvalue weighted by Crippen LogP contribution is -2.40. The fourth-order valence-corrected chi connectivity index (χ4v) is 5.55. The van der Waals surface area contributed by atoms with Crippen molar-refractivity contribution < 1.29 is 33.4 Å². The van der Waals surface area contributed by atoms with Crippen LogP contribution in [0.3, 0.4) is 0 Å². The molecule has 0 amide bonds. The lowest BCUT2D eigenvalue weighted by Gasteiger charge is -2.26. The molecule has 2 aromatic carbocycles. The quantitative estimate of drug-likeness (QED) is 0.216. The molecular weight excluding hydrogens is 542 g/mol. The highest BCUT2D eigenvalue weighted by molar-refractivity contribution is 7.07. The van der Waals surface area contributed by atoms with Crippen molar-refractivity contribution in [3.05, 3.63) is 82.5 Å². The molecule has 40 heavy (non-hydrogen) atoms. The van der Waals surface area contributed by atoms with Crippen LogP contribution in [-0.4, -0.2) is 50.5 Å². The van der Waals surface area contributed by atoms with Gasteiger partial charge in [-0.25, -0.2) is 9.79 Å². The number of fused-ring (bicyclic) bond motifs is 1. The first-order valence-corrected chi connectivity index (χ1v) is 12.8. The molecule has 0 aliphatic carbocycles. The number of thiazole rings is 1. The van der Waals surface area contributed by atoms with Gasteiger partial charge in [-0.1, -0.05) is 23.5 Å². The zero-order chi connectivity index (χ0) is 29.1. The van der Waals surface area contributed by atoms with Crippen LogP contribution >= 0.6 is 11.3 Å². The van der Waals surface area contributed by atoms with Gasteiger partial charge in [0.1, 0.15) is 6.04 Å². The van der Waals surface area contributed by atoms with Crippen LogP contribution in [0.5, 0.6) is 23.0 Å².